The summed E-state index contributed by atoms with van der Waals surface area (Å²) in [6, 6.07) is 3.84. The Morgan fingerprint density at radius 2 is 2.05 bits per heavy atom. The monoisotopic (exact) mass is 624 g/mol. The molecule has 234 valence electrons. The first-order valence-electron chi connectivity index (χ1n) is 15.0. The molecule has 0 spiro atoms. The van der Waals surface area contributed by atoms with Crippen molar-refractivity contribution in [2.24, 2.45) is 10.4 Å². The van der Waals surface area contributed by atoms with Gasteiger partial charge in [0.15, 0.2) is 10.8 Å². The Balaban J connectivity index is 1.31. The molecule has 4 aliphatic rings. The maximum atomic E-state index is 14.8. The number of carbonyl (C=O) groups is 3. The molecule has 13 heteroatoms. The lowest BCUT2D eigenvalue weighted by Crippen LogP contribution is -2.60. The maximum absolute atomic E-state index is 14.8. The van der Waals surface area contributed by atoms with Crippen LogP contribution in [0.1, 0.15) is 55.3 Å². The fourth-order valence-corrected chi connectivity index (χ4v) is 7.51. The van der Waals surface area contributed by atoms with E-state index in [-0.39, 0.29) is 25.0 Å². The number of urea groups is 1. The van der Waals surface area contributed by atoms with E-state index < -0.39 is 28.9 Å². The average molecular weight is 625 g/mol. The van der Waals surface area contributed by atoms with Crippen LogP contribution in [0, 0.1) is 18.2 Å². The third kappa shape index (κ3) is 5.25. The number of aliphatic carboxylic acids is 1. The Bertz CT molecular complexity index is 1540. The average Bonchev–Trinajstić information content (AvgIpc) is 3.58. The first-order valence-corrected chi connectivity index (χ1v) is 15.9. The zero-order valence-electron chi connectivity index (χ0n) is 25.1. The summed E-state index contributed by atoms with van der Waals surface area (Å²) in [5.41, 5.74) is 0.475. The maximum Gasteiger partial charge on any atom is 0.338 e. The van der Waals surface area contributed by atoms with E-state index in [0.717, 1.165) is 6.42 Å². The highest BCUT2D eigenvalue weighted by Crippen LogP contribution is 2.44. The molecule has 2 amide bonds. The van der Waals surface area contributed by atoms with Gasteiger partial charge in [0.25, 0.3) is 0 Å². The van der Waals surface area contributed by atoms with Gasteiger partial charge in [-0.2, -0.15) is 0 Å². The van der Waals surface area contributed by atoms with E-state index in [1.807, 2.05) is 17.2 Å². The van der Waals surface area contributed by atoms with E-state index in [2.05, 4.69) is 15.2 Å². The van der Waals surface area contributed by atoms with E-state index in [1.54, 1.807) is 37.1 Å². The van der Waals surface area contributed by atoms with Crippen molar-refractivity contribution in [1.82, 2.24) is 25.0 Å². The van der Waals surface area contributed by atoms with Crippen molar-refractivity contribution in [3.05, 3.63) is 63.0 Å². The normalized spacial score (nSPS) is 24.9. The third-order valence-corrected chi connectivity index (χ3v) is 10.2. The van der Waals surface area contributed by atoms with E-state index >= 15 is 0 Å². The highest BCUT2D eigenvalue weighted by molar-refractivity contribution is 7.11. The zero-order chi connectivity index (χ0) is 31.2. The molecular weight excluding hydrogens is 587 g/mol. The molecule has 1 aromatic carbocycles. The fourth-order valence-electron chi connectivity index (χ4n) is 6.92. The molecule has 0 bridgehead atoms. The van der Waals surface area contributed by atoms with Crippen LogP contribution in [0.3, 0.4) is 0 Å². The van der Waals surface area contributed by atoms with Crippen molar-refractivity contribution >= 4 is 35.1 Å². The molecule has 11 nitrogen and oxygen atoms in total. The molecule has 1 aromatic heterocycles. The number of thiazole rings is 1. The number of halogens is 1. The lowest BCUT2D eigenvalue weighted by Gasteiger charge is -2.44. The molecule has 44 heavy (non-hydrogen) atoms. The van der Waals surface area contributed by atoms with Gasteiger partial charge in [0, 0.05) is 56.5 Å². The van der Waals surface area contributed by atoms with Crippen LogP contribution in [0.25, 0.3) is 0 Å². The number of carbonyl (C=O) groups excluding carboxylic acids is 2. The second-order valence-corrected chi connectivity index (χ2v) is 13.2. The molecule has 1 aliphatic carbocycles. The summed E-state index contributed by atoms with van der Waals surface area (Å²) in [7, 11) is 0. The number of esters is 1. The van der Waals surface area contributed by atoms with Gasteiger partial charge >= 0.3 is 18.0 Å². The SMILES string of the molecule is CCOC(=O)C1=C(CN2CCN3C(=O)N(CC4(C(=O)O)CCC4)C[C@]3(C)C2)NC(c2nccs2)=N[C@H]1c1cccc(F)c1C. The Labute approximate surface area is 259 Å². The van der Waals surface area contributed by atoms with Crippen LogP contribution in [0.2, 0.25) is 0 Å². The molecular formula is C31H37FN6O5S. The largest absolute Gasteiger partial charge is 0.481 e. The zero-order valence-corrected chi connectivity index (χ0v) is 26.0. The van der Waals surface area contributed by atoms with Gasteiger partial charge in [0.2, 0.25) is 0 Å². The number of aliphatic imine (C=N–C) groups is 1. The molecule has 2 N–H and O–H groups in total. The number of nitrogens with one attached hydrogen (secondary N) is 1. The molecule has 1 saturated carbocycles. The number of carboxylic acids is 1. The number of carboxylic acid groups (broad SMARTS) is 1. The molecule has 2 saturated heterocycles. The summed E-state index contributed by atoms with van der Waals surface area (Å²) in [6.45, 7) is 8.12. The number of hydrogen-bond donors (Lipinski definition) is 2. The number of nitrogens with zero attached hydrogens (tertiary/aromatic N) is 5. The summed E-state index contributed by atoms with van der Waals surface area (Å²) in [6.07, 6.45) is 3.70. The Kier molecular flexibility index (Phi) is 7.95. The van der Waals surface area contributed by atoms with Gasteiger partial charge < -0.3 is 25.0 Å². The van der Waals surface area contributed by atoms with E-state index in [4.69, 9.17) is 9.73 Å². The number of benzene rings is 1. The number of hydrogen-bond acceptors (Lipinski definition) is 9. The van der Waals surface area contributed by atoms with Crippen LogP contribution < -0.4 is 5.32 Å². The number of amides is 2. The van der Waals surface area contributed by atoms with Crippen molar-refractivity contribution < 1.29 is 28.6 Å². The number of rotatable bonds is 9. The van der Waals surface area contributed by atoms with Gasteiger partial charge in [-0.1, -0.05) is 18.6 Å². The molecule has 0 radical (unpaired) electrons. The topological polar surface area (TPSA) is 128 Å². The third-order valence-electron chi connectivity index (χ3n) is 9.39. The Hall–Kier alpha value is -3.84. The smallest absolute Gasteiger partial charge is 0.338 e. The van der Waals surface area contributed by atoms with Crippen molar-refractivity contribution in [2.75, 3.05) is 45.9 Å². The van der Waals surface area contributed by atoms with Crippen LogP contribution in [0.15, 0.2) is 46.0 Å². The molecule has 4 heterocycles. The van der Waals surface area contributed by atoms with Crippen LogP contribution in [-0.4, -0.2) is 100 Å². The van der Waals surface area contributed by atoms with Crippen molar-refractivity contribution in [3.8, 4) is 0 Å². The second kappa shape index (κ2) is 11.6. The van der Waals surface area contributed by atoms with Gasteiger partial charge in [0.05, 0.1) is 23.1 Å². The molecule has 3 aliphatic heterocycles. The predicted molar refractivity (Wildman–Crippen MR) is 162 cm³/mol. The lowest BCUT2D eigenvalue weighted by molar-refractivity contribution is -0.155. The van der Waals surface area contributed by atoms with Crippen LogP contribution >= 0.6 is 11.3 Å². The molecule has 2 aromatic rings. The highest BCUT2D eigenvalue weighted by Gasteiger charge is 2.54. The summed E-state index contributed by atoms with van der Waals surface area (Å²) in [5.74, 6) is -1.26. The Morgan fingerprint density at radius 1 is 1.25 bits per heavy atom. The summed E-state index contributed by atoms with van der Waals surface area (Å²) in [5, 5.41) is 15.7. The van der Waals surface area contributed by atoms with Gasteiger partial charge in [-0.05, 0) is 50.8 Å². The van der Waals surface area contributed by atoms with Crippen molar-refractivity contribution in [2.45, 2.75) is 51.6 Å². The summed E-state index contributed by atoms with van der Waals surface area (Å²) >= 11 is 1.41. The van der Waals surface area contributed by atoms with E-state index in [9.17, 15) is 23.9 Å². The molecule has 3 fully saturated rings. The van der Waals surface area contributed by atoms with Gasteiger partial charge in [-0.15, -0.1) is 11.3 Å². The number of amidine groups is 1. The van der Waals surface area contributed by atoms with Crippen LogP contribution in [-0.2, 0) is 14.3 Å². The van der Waals surface area contributed by atoms with Gasteiger partial charge in [-0.25, -0.2) is 19.0 Å². The van der Waals surface area contributed by atoms with Crippen molar-refractivity contribution in [1.29, 1.82) is 0 Å². The standard InChI is InChI=1S/C31H37FN6O5S/c1-4-43-27(39)23-22(34-25(26-33-11-14-44-26)35-24(23)20-7-5-8-21(32)19(20)2)15-36-12-13-38-29(42)37(17-30(38,3)16-36)18-31(28(40)41)9-6-10-31/h5,7-8,11,14,24H,4,6,9-10,12-13,15-18H2,1-3H3,(H,34,35)(H,40,41)/t24-,30-/m0/s1. The minimum atomic E-state index is -0.860. The lowest BCUT2D eigenvalue weighted by atomic mass is 9.68. The highest BCUT2D eigenvalue weighted by atomic mass is 32.1. The van der Waals surface area contributed by atoms with Crippen molar-refractivity contribution in [3.63, 3.8) is 0 Å². The summed E-state index contributed by atoms with van der Waals surface area (Å²) in [4.78, 5) is 54.1. The van der Waals surface area contributed by atoms with E-state index in [0.29, 0.717) is 78.8 Å². The number of fused-ring (bicyclic) bond motifs is 1. The molecule has 0 unspecified atom stereocenters. The quantitative estimate of drug-likeness (QED) is 0.406. The first-order chi connectivity index (χ1) is 21.0. The van der Waals surface area contributed by atoms with Gasteiger partial charge in [-0.3, -0.25) is 14.7 Å². The number of aromatic nitrogens is 1. The second-order valence-electron chi connectivity index (χ2n) is 12.3. The summed E-state index contributed by atoms with van der Waals surface area (Å²) < 4.78 is 20.3. The number of ether oxygens (including phenoxy) is 1. The predicted octanol–water partition coefficient (Wildman–Crippen LogP) is 3.57. The van der Waals surface area contributed by atoms with Crippen LogP contribution in [0.5, 0.6) is 0 Å². The number of piperazine rings is 1. The fraction of sp³-hybridized carbons (Fsp3) is 0.516. The Morgan fingerprint density at radius 3 is 2.70 bits per heavy atom. The minimum absolute atomic E-state index is 0.123. The minimum Gasteiger partial charge on any atom is -0.481 e. The first kappa shape index (κ1) is 30.2. The van der Waals surface area contributed by atoms with Crippen LogP contribution in [0.4, 0.5) is 9.18 Å². The van der Waals surface area contributed by atoms with Gasteiger partial charge in [0.1, 0.15) is 11.9 Å². The van der Waals surface area contributed by atoms with E-state index in [1.165, 1.54) is 17.4 Å². The molecule has 2 atom stereocenters. The molecule has 6 rings (SSSR count).